The maximum atomic E-state index is 11.9. The Morgan fingerprint density at radius 2 is 1.88 bits per heavy atom. The van der Waals surface area contributed by atoms with E-state index in [1.807, 2.05) is 32.0 Å². The van der Waals surface area contributed by atoms with E-state index in [1.54, 1.807) is 12.1 Å². The maximum Gasteiger partial charge on any atom is 0.294 e. The number of rotatable bonds is 6. The molecule has 2 heterocycles. The highest BCUT2D eigenvalue weighted by Crippen LogP contribution is 2.19. The fourth-order valence-electron chi connectivity index (χ4n) is 2.18. The fraction of sp³-hybridized carbons (Fsp3) is 0.176. The number of aromatic nitrogens is 3. The Balaban J connectivity index is 1.67. The lowest BCUT2D eigenvalue weighted by Crippen LogP contribution is -2.10. The second kappa shape index (κ2) is 7.43. The first-order valence-corrected chi connectivity index (χ1v) is 7.82. The molecule has 2 aromatic heterocycles. The van der Waals surface area contributed by atoms with Gasteiger partial charge in [0.1, 0.15) is 5.82 Å². The molecule has 0 aliphatic heterocycles. The van der Waals surface area contributed by atoms with Crippen molar-refractivity contribution >= 4 is 29.0 Å². The van der Waals surface area contributed by atoms with Crippen molar-refractivity contribution in [1.82, 2.24) is 15.1 Å². The monoisotopic (exact) mass is 338 g/mol. The zero-order valence-corrected chi connectivity index (χ0v) is 13.9. The molecule has 8 heteroatoms. The fourth-order valence-corrected chi connectivity index (χ4v) is 2.18. The van der Waals surface area contributed by atoms with Gasteiger partial charge in [0.2, 0.25) is 11.7 Å². The quantitative estimate of drug-likeness (QED) is 0.634. The number of nitrogens with zero attached hydrogens (tertiary/aromatic N) is 3. The molecule has 0 spiro atoms. The highest BCUT2D eigenvalue weighted by atomic mass is 16.5. The van der Waals surface area contributed by atoms with Crippen molar-refractivity contribution in [2.24, 2.45) is 0 Å². The van der Waals surface area contributed by atoms with Gasteiger partial charge >= 0.3 is 0 Å². The Morgan fingerprint density at radius 3 is 2.56 bits per heavy atom. The van der Waals surface area contributed by atoms with E-state index in [1.165, 1.54) is 12.3 Å². The SMILES string of the molecule is CCNc1nc(C)cc(Nc2ccc(NC(=O)c3ccno3)cc2)n1. The molecule has 0 saturated carbocycles. The van der Waals surface area contributed by atoms with Gasteiger partial charge in [0.25, 0.3) is 5.91 Å². The van der Waals surface area contributed by atoms with Crippen LogP contribution in [0.25, 0.3) is 0 Å². The summed E-state index contributed by atoms with van der Waals surface area (Å²) >= 11 is 0. The first kappa shape index (κ1) is 16.4. The lowest BCUT2D eigenvalue weighted by molar-refractivity contribution is 0.0988. The molecule has 1 aromatic carbocycles. The van der Waals surface area contributed by atoms with Crippen molar-refractivity contribution in [3.63, 3.8) is 0 Å². The first-order valence-electron chi connectivity index (χ1n) is 7.82. The summed E-state index contributed by atoms with van der Waals surface area (Å²) in [5.74, 6) is 1.09. The van der Waals surface area contributed by atoms with Crippen molar-refractivity contribution in [1.29, 1.82) is 0 Å². The number of benzene rings is 1. The second-order valence-electron chi connectivity index (χ2n) is 5.28. The van der Waals surface area contributed by atoms with E-state index in [9.17, 15) is 4.79 Å². The average molecular weight is 338 g/mol. The molecular formula is C17H18N6O2. The van der Waals surface area contributed by atoms with Crippen molar-refractivity contribution in [3.05, 3.63) is 54.0 Å². The Hall–Kier alpha value is -3.42. The molecule has 0 unspecified atom stereocenters. The van der Waals surface area contributed by atoms with Crippen LogP contribution in [0.4, 0.5) is 23.1 Å². The smallest absolute Gasteiger partial charge is 0.294 e. The van der Waals surface area contributed by atoms with Gasteiger partial charge in [-0.1, -0.05) is 5.16 Å². The second-order valence-corrected chi connectivity index (χ2v) is 5.28. The van der Waals surface area contributed by atoms with Gasteiger partial charge in [-0.25, -0.2) is 4.98 Å². The first-order chi connectivity index (χ1) is 12.1. The van der Waals surface area contributed by atoms with Crippen LogP contribution in [0.1, 0.15) is 23.2 Å². The number of carbonyl (C=O) groups excluding carboxylic acids is 1. The molecule has 3 rings (SSSR count). The summed E-state index contributed by atoms with van der Waals surface area (Å²) in [5, 5.41) is 12.6. The largest absolute Gasteiger partial charge is 0.354 e. The predicted molar refractivity (Wildman–Crippen MR) is 95.1 cm³/mol. The molecule has 0 atom stereocenters. The topological polar surface area (TPSA) is 105 Å². The number of carbonyl (C=O) groups is 1. The third kappa shape index (κ3) is 4.31. The predicted octanol–water partition coefficient (Wildman–Crippen LogP) is 3.20. The summed E-state index contributed by atoms with van der Waals surface area (Å²) in [6.45, 7) is 4.66. The summed E-state index contributed by atoms with van der Waals surface area (Å²) in [5.41, 5.74) is 2.36. The Morgan fingerprint density at radius 1 is 1.12 bits per heavy atom. The van der Waals surface area contributed by atoms with Crippen LogP contribution >= 0.6 is 0 Å². The summed E-state index contributed by atoms with van der Waals surface area (Å²) < 4.78 is 4.82. The molecule has 25 heavy (non-hydrogen) atoms. The molecule has 0 aliphatic carbocycles. The van der Waals surface area contributed by atoms with Crippen LogP contribution in [0.5, 0.6) is 0 Å². The zero-order valence-electron chi connectivity index (χ0n) is 13.9. The average Bonchev–Trinajstić information content (AvgIpc) is 3.11. The Bertz CT molecular complexity index is 846. The van der Waals surface area contributed by atoms with Gasteiger partial charge in [-0.2, -0.15) is 4.98 Å². The van der Waals surface area contributed by atoms with Gasteiger partial charge in [-0.05, 0) is 38.1 Å². The van der Waals surface area contributed by atoms with Gasteiger partial charge < -0.3 is 20.5 Å². The van der Waals surface area contributed by atoms with Crippen LogP contribution in [0.3, 0.4) is 0 Å². The van der Waals surface area contributed by atoms with Crippen molar-refractivity contribution in [2.45, 2.75) is 13.8 Å². The molecule has 0 fully saturated rings. The highest BCUT2D eigenvalue weighted by molar-refractivity contribution is 6.02. The summed E-state index contributed by atoms with van der Waals surface area (Å²) in [6.07, 6.45) is 1.42. The molecule has 0 aliphatic rings. The van der Waals surface area contributed by atoms with Crippen LogP contribution in [-0.4, -0.2) is 27.6 Å². The molecule has 0 bridgehead atoms. The summed E-state index contributed by atoms with van der Waals surface area (Å²) in [7, 11) is 0. The number of hydrogen-bond donors (Lipinski definition) is 3. The van der Waals surface area contributed by atoms with Crippen LogP contribution in [-0.2, 0) is 0 Å². The normalized spacial score (nSPS) is 10.3. The van der Waals surface area contributed by atoms with Gasteiger partial charge in [-0.3, -0.25) is 4.79 Å². The molecule has 0 radical (unpaired) electrons. The van der Waals surface area contributed by atoms with E-state index < -0.39 is 0 Å². The van der Waals surface area contributed by atoms with Gasteiger partial charge in [0.15, 0.2) is 0 Å². The van der Waals surface area contributed by atoms with Crippen molar-refractivity contribution in [3.8, 4) is 0 Å². The minimum atomic E-state index is -0.347. The van der Waals surface area contributed by atoms with Crippen LogP contribution in [0.2, 0.25) is 0 Å². The molecule has 128 valence electrons. The van der Waals surface area contributed by atoms with E-state index in [0.717, 1.165) is 17.9 Å². The van der Waals surface area contributed by atoms with Crippen LogP contribution < -0.4 is 16.0 Å². The summed E-state index contributed by atoms with van der Waals surface area (Å²) in [6, 6.07) is 10.6. The van der Waals surface area contributed by atoms with Gasteiger partial charge in [-0.15, -0.1) is 0 Å². The Kier molecular flexibility index (Phi) is 4.89. The highest BCUT2D eigenvalue weighted by Gasteiger charge is 2.09. The number of amides is 1. The molecule has 8 nitrogen and oxygen atoms in total. The number of nitrogens with one attached hydrogen (secondary N) is 3. The molecule has 3 aromatic rings. The minimum Gasteiger partial charge on any atom is -0.354 e. The van der Waals surface area contributed by atoms with E-state index in [-0.39, 0.29) is 11.7 Å². The van der Waals surface area contributed by atoms with E-state index in [4.69, 9.17) is 4.52 Å². The molecule has 0 saturated heterocycles. The lowest BCUT2D eigenvalue weighted by atomic mass is 10.2. The van der Waals surface area contributed by atoms with Gasteiger partial charge in [0, 0.05) is 35.7 Å². The standard InChI is InChI=1S/C17H18N6O2/c1-3-18-17-20-11(2)10-15(23-17)21-12-4-6-13(7-5-12)22-16(24)14-8-9-19-25-14/h4-10H,3H2,1-2H3,(H,22,24)(H2,18,20,21,23). The van der Waals surface area contributed by atoms with Gasteiger partial charge in [0.05, 0.1) is 6.20 Å². The maximum absolute atomic E-state index is 11.9. The van der Waals surface area contributed by atoms with Crippen LogP contribution in [0, 0.1) is 6.92 Å². The number of aryl methyl sites for hydroxylation is 1. The Labute approximate surface area is 144 Å². The van der Waals surface area contributed by atoms with Crippen molar-refractivity contribution in [2.75, 3.05) is 22.5 Å². The molecular weight excluding hydrogens is 320 g/mol. The number of hydrogen-bond acceptors (Lipinski definition) is 7. The minimum absolute atomic E-state index is 0.162. The lowest BCUT2D eigenvalue weighted by Gasteiger charge is -2.10. The van der Waals surface area contributed by atoms with Crippen molar-refractivity contribution < 1.29 is 9.32 Å². The zero-order chi connectivity index (χ0) is 17.6. The molecule has 1 amide bonds. The number of anilines is 4. The van der Waals surface area contributed by atoms with E-state index in [0.29, 0.717) is 17.5 Å². The molecule has 3 N–H and O–H groups in total. The summed E-state index contributed by atoms with van der Waals surface area (Å²) in [4.78, 5) is 20.6. The third-order valence-electron chi connectivity index (χ3n) is 3.27. The third-order valence-corrected chi connectivity index (χ3v) is 3.27. The van der Waals surface area contributed by atoms with E-state index >= 15 is 0 Å². The van der Waals surface area contributed by atoms with Crippen LogP contribution in [0.15, 0.2) is 47.1 Å². The van der Waals surface area contributed by atoms with E-state index in [2.05, 4.69) is 31.1 Å².